The molecule has 0 aliphatic rings. The number of carbonyl (C=O) groups excluding carboxylic acids is 1. The van der Waals surface area contributed by atoms with E-state index in [0.29, 0.717) is 5.13 Å². The monoisotopic (exact) mass is 367 g/mol. The fourth-order valence-electron chi connectivity index (χ4n) is 2.12. The van der Waals surface area contributed by atoms with Crippen molar-refractivity contribution in [2.45, 2.75) is 12.9 Å². The fraction of sp³-hybridized carbons (Fsp3) is 0.125. The molecule has 0 saturated carbocycles. The summed E-state index contributed by atoms with van der Waals surface area (Å²) in [5.74, 6) is -0.352. The normalized spacial score (nSPS) is 11.3. The maximum absolute atomic E-state index is 12.4. The largest absolute Gasteiger partial charge is 0.573 e. The van der Waals surface area contributed by atoms with Crippen LogP contribution in [0.25, 0.3) is 10.2 Å². The molecule has 0 aliphatic carbocycles. The Hall–Kier alpha value is -2.81. The van der Waals surface area contributed by atoms with Crippen molar-refractivity contribution >= 4 is 32.7 Å². The minimum atomic E-state index is -4.79. The molecule has 2 amide bonds. The summed E-state index contributed by atoms with van der Waals surface area (Å²) in [6.45, 7) is -0.122. The van der Waals surface area contributed by atoms with Gasteiger partial charge in [-0.3, -0.25) is 5.32 Å². The summed E-state index contributed by atoms with van der Waals surface area (Å²) in [6, 6.07) is 12.4. The van der Waals surface area contributed by atoms with Crippen molar-refractivity contribution in [2.75, 3.05) is 5.32 Å². The first-order chi connectivity index (χ1) is 11.9. The minimum absolute atomic E-state index is 0.122. The van der Waals surface area contributed by atoms with Gasteiger partial charge in [0.25, 0.3) is 0 Å². The molecule has 0 aliphatic heterocycles. The number of aromatic nitrogens is 1. The number of hydrogen-bond acceptors (Lipinski definition) is 4. The van der Waals surface area contributed by atoms with Crippen molar-refractivity contribution < 1.29 is 22.7 Å². The van der Waals surface area contributed by atoms with Crippen LogP contribution in [0, 0.1) is 0 Å². The molecule has 1 aromatic heterocycles. The number of benzene rings is 2. The molecule has 25 heavy (non-hydrogen) atoms. The number of fused-ring (bicyclic) bond motifs is 1. The fourth-order valence-corrected chi connectivity index (χ4v) is 2.98. The van der Waals surface area contributed by atoms with Crippen LogP contribution in [-0.2, 0) is 6.54 Å². The average molecular weight is 367 g/mol. The number of anilines is 1. The van der Waals surface area contributed by atoms with Crippen LogP contribution in [0.15, 0.2) is 48.5 Å². The summed E-state index contributed by atoms with van der Waals surface area (Å²) >= 11 is 1.30. The Balaban J connectivity index is 1.62. The van der Waals surface area contributed by atoms with Gasteiger partial charge in [0.15, 0.2) is 5.13 Å². The molecule has 3 aromatic rings. The van der Waals surface area contributed by atoms with Gasteiger partial charge < -0.3 is 10.1 Å². The van der Waals surface area contributed by atoms with E-state index in [0.717, 1.165) is 10.2 Å². The molecule has 2 aromatic carbocycles. The van der Waals surface area contributed by atoms with E-state index in [1.165, 1.54) is 29.5 Å². The Kier molecular flexibility index (Phi) is 4.75. The number of thiazole rings is 1. The first kappa shape index (κ1) is 17.0. The molecular weight excluding hydrogens is 355 g/mol. The summed E-state index contributed by atoms with van der Waals surface area (Å²) in [5.41, 5.74) is 0.964. The summed E-state index contributed by atoms with van der Waals surface area (Å²) < 4.78 is 42.0. The third-order valence-corrected chi connectivity index (χ3v) is 4.10. The second kappa shape index (κ2) is 6.98. The molecule has 0 unspecified atom stereocenters. The number of rotatable bonds is 4. The Labute approximate surface area is 144 Å². The van der Waals surface area contributed by atoms with E-state index in [1.807, 2.05) is 24.3 Å². The van der Waals surface area contributed by atoms with Crippen molar-refractivity contribution in [2.24, 2.45) is 0 Å². The van der Waals surface area contributed by atoms with E-state index in [1.54, 1.807) is 6.07 Å². The van der Waals surface area contributed by atoms with Crippen molar-refractivity contribution in [3.63, 3.8) is 0 Å². The lowest BCUT2D eigenvalue weighted by Crippen LogP contribution is -2.28. The van der Waals surface area contributed by atoms with Crippen molar-refractivity contribution in [3.05, 3.63) is 54.1 Å². The SMILES string of the molecule is O=C(NCc1ccccc1OC(F)(F)F)Nc1nc2ccccc2s1. The molecular formula is C16H12F3N3O2S. The molecule has 0 spiro atoms. The smallest absolute Gasteiger partial charge is 0.405 e. The maximum Gasteiger partial charge on any atom is 0.573 e. The van der Waals surface area contributed by atoms with Crippen LogP contribution >= 0.6 is 11.3 Å². The summed E-state index contributed by atoms with van der Waals surface area (Å²) in [5, 5.41) is 5.45. The van der Waals surface area contributed by atoms with Gasteiger partial charge in [-0.2, -0.15) is 0 Å². The van der Waals surface area contributed by atoms with Crippen molar-refractivity contribution in [3.8, 4) is 5.75 Å². The molecule has 1 heterocycles. The third-order valence-electron chi connectivity index (χ3n) is 3.15. The standard InChI is InChI=1S/C16H12F3N3O2S/c17-16(18,19)24-12-7-3-1-5-10(12)9-20-14(23)22-15-21-11-6-2-4-8-13(11)25-15/h1-8H,9H2,(H2,20,21,22,23). The van der Waals surface area contributed by atoms with Gasteiger partial charge >= 0.3 is 12.4 Å². The Morgan fingerprint density at radius 3 is 2.60 bits per heavy atom. The molecule has 0 saturated heterocycles. The lowest BCUT2D eigenvalue weighted by molar-refractivity contribution is -0.274. The topological polar surface area (TPSA) is 63.2 Å². The van der Waals surface area contributed by atoms with Gasteiger partial charge in [0.1, 0.15) is 5.75 Å². The van der Waals surface area contributed by atoms with E-state index in [2.05, 4.69) is 20.4 Å². The van der Waals surface area contributed by atoms with E-state index in [-0.39, 0.29) is 17.9 Å². The molecule has 130 valence electrons. The van der Waals surface area contributed by atoms with E-state index in [4.69, 9.17) is 0 Å². The van der Waals surface area contributed by atoms with Crippen LogP contribution in [0.5, 0.6) is 5.75 Å². The highest BCUT2D eigenvalue weighted by atomic mass is 32.1. The highest BCUT2D eigenvalue weighted by molar-refractivity contribution is 7.22. The van der Waals surface area contributed by atoms with Crippen LogP contribution in [0.4, 0.5) is 23.1 Å². The van der Waals surface area contributed by atoms with Gasteiger partial charge in [0.2, 0.25) is 0 Å². The number of amides is 2. The quantitative estimate of drug-likeness (QED) is 0.713. The van der Waals surface area contributed by atoms with Gasteiger partial charge in [0.05, 0.1) is 10.2 Å². The first-order valence-electron chi connectivity index (χ1n) is 7.15. The number of nitrogens with one attached hydrogen (secondary N) is 2. The average Bonchev–Trinajstić information content (AvgIpc) is 2.94. The van der Waals surface area contributed by atoms with Crippen molar-refractivity contribution in [1.82, 2.24) is 10.3 Å². The molecule has 2 N–H and O–H groups in total. The number of urea groups is 1. The molecule has 0 atom stereocenters. The number of nitrogens with zero attached hydrogens (tertiary/aromatic N) is 1. The lowest BCUT2D eigenvalue weighted by atomic mass is 10.2. The summed E-state index contributed by atoms with van der Waals surface area (Å²) in [6.07, 6.45) is -4.79. The van der Waals surface area contributed by atoms with E-state index < -0.39 is 12.4 Å². The van der Waals surface area contributed by atoms with Crippen LogP contribution in [0.1, 0.15) is 5.56 Å². The van der Waals surface area contributed by atoms with Gasteiger partial charge in [-0.25, -0.2) is 9.78 Å². The third kappa shape index (κ3) is 4.60. The van der Waals surface area contributed by atoms with Gasteiger partial charge in [-0.1, -0.05) is 41.7 Å². The predicted molar refractivity (Wildman–Crippen MR) is 88.6 cm³/mol. The zero-order chi connectivity index (χ0) is 17.9. The zero-order valence-corrected chi connectivity index (χ0v) is 13.4. The number of carbonyl (C=O) groups is 1. The maximum atomic E-state index is 12.4. The number of hydrogen-bond donors (Lipinski definition) is 2. The van der Waals surface area contributed by atoms with E-state index in [9.17, 15) is 18.0 Å². The molecule has 9 heteroatoms. The summed E-state index contributed by atoms with van der Waals surface area (Å²) in [4.78, 5) is 16.2. The number of ether oxygens (including phenoxy) is 1. The summed E-state index contributed by atoms with van der Waals surface area (Å²) in [7, 11) is 0. The second-order valence-electron chi connectivity index (χ2n) is 4.95. The number of alkyl halides is 3. The van der Waals surface area contributed by atoms with Gasteiger partial charge in [-0.15, -0.1) is 13.2 Å². The molecule has 0 bridgehead atoms. The Bertz CT molecular complexity index is 862. The van der Waals surface area contributed by atoms with Crippen molar-refractivity contribution in [1.29, 1.82) is 0 Å². The Morgan fingerprint density at radius 1 is 1.12 bits per heavy atom. The van der Waals surface area contributed by atoms with Crippen LogP contribution in [0.2, 0.25) is 0 Å². The predicted octanol–water partition coefficient (Wildman–Crippen LogP) is 4.52. The second-order valence-corrected chi connectivity index (χ2v) is 5.98. The minimum Gasteiger partial charge on any atom is -0.405 e. The van der Waals surface area contributed by atoms with Crippen LogP contribution in [0.3, 0.4) is 0 Å². The Morgan fingerprint density at radius 2 is 1.84 bits per heavy atom. The van der Waals surface area contributed by atoms with Crippen LogP contribution < -0.4 is 15.4 Å². The van der Waals surface area contributed by atoms with Gasteiger partial charge in [-0.05, 0) is 18.2 Å². The zero-order valence-electron chi connectivity index (χ0n) is 12.6. The molecule has 3 rings (SSSR count). The number of para-hydroxylation sites is 2. The first-order valence-corrected chi connectivity index (χ1v) is 7.96. The molecule has 0 radical (unpaired) electrons. The number of halogens is 3. The highest BCUT2D eigenvalue weighted by Gasteiger charge is 2.31. The van der Waals surface area contributed by atoms with E-state index >= 15 is 0 Å². The van der Waals surface area contributed by atoms with Crippen LogP contribution in [-0.4, -0.2) is 17.4 Å². The molecule has 0 fully saturated rings. The highest BCUT2D eigenvalue weighted by Crippen LogP contribution is 2.27. The van der Waals surface area contributed by atoms with Gasteiger partial charge in [0, 0.05) is 12.1 Å². The molecule has 5 nitrogen and oxygen atoms in total. The lowest BCUT2D eigenvalue weighted by Gasteiger charge is -2.13.